The minimum absolute atomic E-state index is 0.235. The van der Waals surface area contributed by atoms with Crippen LogP contribution in [-0.2, 0) is 0 Å². The predicted molar refractivity (Wildman–Crippen MR) is 98.4 cm³/mol. The lowest BCUT2D eigenvalue weighted by molar-refractivity contribution is 0.0943. The molecule has 1 amide bonds. The third kappa shape index (κ3) is 4.06. The van der Waals surface area contributed by atoms with Crippen molar-refractivity contribution >= 4 is 17.5 Å². The molecule has 0 fully saturated rings. The highest BCUT2D eigenvalue weighted by molar-refractivity contribution is 6.30. The molecule has 3 rings (SSSR count). The van der Waals surface area contributed by atoms with Crippen molar-refractivity contribution in [3.63, 3.8) is 0 Å². The van der Waals surface area contributed by atoms with Gasteiger partial charge in [-0.05, 0) is 41.5 Å². The number of amides is 1. The molecule has 0 spiro atoms. The predicted octanol–water partition coefficient (Wildman–Crippen LogP) is 4.73. The van der Waals surface area contributed by atoms with Crippen LogP contribution in [-0.4, -0.2) is 5.91 Å². The standard InChI is InChI=1S/C21H15ClN2O/c22-19-11-9-17(10-12-19)20(16-6-2-1-3-7-16)24-21(25)18-8-4-5-15(13-18)14-23/h1-13,20H,(H,24,25)/t20-/m0/s1. The fraction of sp³-hybridized carbons (Fsp3) is 0.0476. The number of hydrogen-bond donors (Lipinski definition) is 1. The number of benzene rings is 3. The number of carbonyl (C=O) groups is 1. The molecular formula is C21H15ClN2O. The van der Waals surface area contributed by atoms with Gasteiger partial charge in [0.15, 0.2) is 0 Å². The maximum absolute atomic E-state index is 12.7. The van der Waals surface area contributed by atoms with Crippen LogP contribution in [0.25, 0.3) is 0 Å². The van der Waals surface area contributed by atoms with E-state index in [9.17, 15) is 4.79 Å². The first-order valence-corrected chi connectivity index (χ1v) is 8.16. The largest absolute Gasteiger partial charge is 0.341 e. The van der Waals surface area contributed by atoms with Crippen LogP contribution < -0.4 is 5.32 Å². The van der Waals surface area contributed by atoms with Gasteiger partial charge in [-0.15, -0.1) is 0 Å². The molecule has 0 radical (unpaired) electrons. The Bertz CT molecular complexity index is 915. The number of rotatable bonds is 4. The van der Waals surface area contributed by atoms with E-state index in [-0.39, 0.29) is 11.9 Å². The first-order chi connectivity index (χ1) is 12.2. The highest BCUT2D eigenvalue weighted by Gasteiger charge is 2.18. The van der Waals surface area contributed by atoms with E-state index in [4.69, 9.17) is 16.9 Å². The number of nitrogens with one attached hydrogen (secondary N) is 1. The van der Waals surface area contributed by atoms with E-state index in [0.29, 0.717) is 16.1 Å². The molecule has 1 N–H and O–H groups in total. The fourth-order valence-corrected chi connectivity index (χ4v) is 2.73. The van der Waals surface area contributed by atoms with Crippen molar-refractivity contribution in [1.82, 2.24) is 5.32 Å². The topological polar surface area (TPSA) is 52.9 Å². The summed E-state index contributed by atoms with van der Waals surface area (Å²) in [6, 6.07) is 25.5. The Balaban J connectivity index is 1.93. The van der Waals surface area contributed by atoms with Crippen molar-refractivity contribution in [2.75, 3.05) is 0 Å². The smallest absolute Gasteiger partial charge is 0.252 e. The Labute approximate surface area is 151 Å². The molecule has 0 bridgehead atoms. The van der Waals surface area contributed by atoms with E-state index in [1.54, 1.807) is 36.4 Å². The van der Waals surface area contributed by atoms with Crippen molar-refractivity contribution in [1.29, 1.82) is 5.26 Å². The summed E-state index contributed by atoms with van der Waals surface area (Å²) in [6.07, 6.45) is 0. The number of hydrogen-bond acceptors (Lipinski definition) is 2. The molecule has 122 valence electrons. The summed E-state index contributed by atoms with van der Waals surface area (Å²) in [4.78, 5) is 12.7. The minimum atomic E-state index is -0.309. The molecule has 0 saturated heterocycles. The molecule has 25 heavy (non-hydrogen) atoms. The highest BCUT2D eigenvalue weighted by Crippen LogP contribution is 2.24. The maximum atomic E-state index is 12.7. The number of nitrogens with zero attached hydrogens (tertiary/aromatic N) is 1. The Kier molecular flexibility index (Phi) is 5.13. The van der Waals surface area contributed by atoms with Crippen LogP contribution in [0, 0.1) is 11.3 Å². The molecule has 0 unspecified atom stereocenters. The number of nitriles is 1. The van der Waals surface area contributed by atoms with Gasteiger partial charge in [-0.2, -0.15) is 5.26 Å². The average molecular weight is 347 g/mol. The van der Waals surface area contributed by atoms with E-state index in [1.165, 1.54) is 0 Å². The van der Waals surface area contributed by atoms with Crippen molar-refractivity contribution in [3.8, 4) is 6.07 Å². The van der Waals surface area contributed by atoms with Gasteiger partial charge in [-0.1, -0.05) is 60.1 Å². The molecule has 0 heterocycles. The van der Waals surface area contributed by atoms with Crippen LogP contribution in [0.4, 0.5) is 0 Å². The molecule has 0 aromatic heterocycles. The minimum Gasteiger partial charge on any atom is -0.341 e. The quantitative estimate of drug-likeness (QED) is 0.742. The van der Waals surface area contributed by atoms with Crippen LogP contribution in [0.2, 0.25) is 5.02 Å². The lowest BCUT2D eigenvalue weighted by Crippen LogP contribution is -2.29. The number of carbonyl (C=O) groups excluding carboxylic acids is 1. The van der Waals surface area contributed by atoms with Gasteiger partial charge in [0.1, 0.15) is 0 Å². The summed E-state index contributed by atoms with van der Waals surface area (Å²) < 4.78 is 0. The van der Waals surface area contributed by atoms with Crippen molar-refractivity contribution in [3.05, 3.63) is 106 Å². The van der Waals surface area contributed by atoms with Gasteiger partial charge in [0, 0.05) is 10.6 Å². The van der Waals surface area contributed by atoms with Gasteiger partial charge in [-0.25, -0.2) is 0 Å². The Morgan fingerprint density at radius 1 is 0.920 bits per heavy atom. The molecule has 0 aliphatic heterocycles. The lowest BCUT2D eigenvalue weighted by atomic mass is 9.98. The third-order valence-corrected chi connectivity index (χ3v) is 4.12. The molecule has 3 aromatic rings. The van der Waals surface area contributed by atoms with Gasteiger partial charge in [0.25, 0.3) is 5.91 Å². The van der Waals surface area contributed by atoms with Gasteiger partial charge in [0.05, 0.1) is 17.7 Å². The first kappa shape index (κ1) is 16.8. The van der Waals surface area contributed by atoms with Gasteiger partial charge >= 0.3 is 0 Å². The van der Waals surface area contributed by atoms with E-state index >= 15 is 0 Å². The molecule has 0 aliphatic carbocycles. The second-order valence-corrected chi connectivity index (χ2v) is 6.00. The molecule has 3 nitrogen and oxygen atoms in total. The van der Waals surface area contributed by atoms with E-state index in [1.807, 2.05) is 42.5 Å². The third-order valence-electron chi connectivity index (χ3n) is 3.87. The first-order valence-electron chi connectivity index (χ1n) is 7.79. The maximum Gasteiger partial charge on any atom is 0.252 e. The van der Waals surface area contributed by atoms with Crippen LogP contribution >= 0.6 is 11.6 Å². The zero-order chi connectivity index (χ0) is 17.6. The zero-order valence-corrected chi connectivity index (χ0v) is 14.1. The van der Waals surface area contributed by atoms with Crippen molar-refractivity contribution in [2.24, 2.45) is 0 Å². The van der Waals surface area contributed by atoms with E-state index in [2.05, 4.69) is 11.4 Å². The van der Waals surface area contributed by atoms with E-state index < -0.39 is 0 Å². The Morgan fingerprint density at radius 2 is 1.60 bits per heavy atom. The SMILES string of the molecule is N#Cc1cccc(C(=O)N[C@@H](c2ccccc2)c2ccc(Cl)cc2)c1. The zero-order valence-electron chi connectivity index (χ0n) is 13.3. The summed E-state index contributed by atoms with van der Waals surface area (Å²) in [5.41, 5.74) is 2.80. The lowest BCUT2D eigenvalue weighted by Gasteiger charge is -2.20. The second kappa shape index (κ2) is 7.65. The molecular weight excluding hydrogens is 332 g/mol. The molecule has 3 aromatic carbocycles. The second-order valence-electron chi connectivity index (χ2n) is 5.56. The average Bonchev–Trinajstić information content (AvgIpc) is 2.67. The van der Waals surface area contributed by atoms with Crippen molar-refractivity contribution in [2.45, 2.75) is 6.04 Å². The normalized spacial score (nSPS) is 11.4. The monoisotopic (exact) mass is 346 g/mol. The van der Waals surface area contributed by atoms with Gasteiger partial charge in [-0.3, -0.25) is 4.79 Å². The van der Waals surface area contributed by atoms with Gasteiger partial charge in [0.2, 0.25) is 0 Å². The van der Waals surface area contributed by atoms with E-state index in [0.717, 1.165) is 11.1 Å². The molecule has 4 heteroatoms. The Morgan fingerprint density at radius 3 is 2.28 bits per heavy atom. The van der Waals surface area contributed by atoms with Crippen LogP contribution in [0.1, 0.15) is 33.1 Å². The summed E-state index contributed by atoms with van der Waals surface area (Å²) in [5, 5.41) is 12.7. The fourth-order valence-electron chi connectivity index (χ4n) is 2.60. The summed E-state index contributed by atoms with van der Waals surface area (Å²) in [5.74, 6) is -0.235. The molecule has 0 aliphatic rings. The number of halogens is 1. The van der Waals surface area contributed by atoms with Crippen molar-refractivity contribution < 1.29 is 4.79 Å². The summed E-state index contributed by atoms with van der Waals surface area (Å²) in [7, 11) is 0. The van der Waals surface area contributed by atoms with Gasteiger partial charge < -0.3 is 5.32 Å². The molecule has 1 atom stereocenters. The van der Waals surface area contributed by atoms with Crippen LogP contribution in [0.5, 0.6) is 0 Å². The Hall–Kier alpha value is -3.09. The van der Waals surface area contributed by atoms with Crippen LogP contribution in [0.15, 0.2) is 78.9 Å². The van der Waals surface area contributed by atoms with Crippen LogP contribution in [0.3, 0.4) is 0 Å². The summed E-state index contributed by atoms with van der Waals surface area (Å²) >= 11 is 5.98. The highest BCUT2D eigenvalue weighted by atomic mass is 35.5. The molecule has 0 saturated carbocycles. The summed E-state index contributed by atoms with van der Waals surface area (Å²) in [6.45, 7) is 0.